The number of carboxylic acid groups (broad SMARTS) is 1. The van der Waals surface area contributed by atoms with Crippen LogP contribution in [0.15, 0.2) is 24.3 Å². The van der Waals surface area contributed by atoms with Crippen LogP contribution in [0.2, 0.25) is 0 Å². The van der Waals surface area contributed by atoms with Crippen LogP contribution in [0.4, 0.5) is 11.4 Å². The van der Waals surface area contributed by atoms with Crippen LogP contribution in [0.3, 0.4) is 0 Å². The predicted octanol–water partition coefficient (Wildman–Crippen LogP) is 0.613. The summed E-state index contributed by atoms with van der Waals surface area (Å²) in [6.45, 7) is -0.00529. The number of carbonyl (C=O) groups is 2. The molecule has 0 spiro atoms. The van der Waals surface area contributed by atoms with E-state index in [9.17, 15) is 19.7 Å². The molecule has 22 heavy (non-hydrogen) atoms. The molecule has 9 heteroatoms. The summed E-state index contributed by atoms with van der Waals surface area (Å²) in [6, 6.07) is 4.93. The molecule has 0 saturated heterocycles. The van der Waals surface area contributed by atoms with Crippen LogP contribution in [-0.2, 0) is 14.3 Å². The van der Waals surface area contributed by atoms with Crippen LogP contribution in [-0.4, -0.2) is 48.2 Å². The van der Waals surface area contributed by atoms with Crippen molar-refractivity contribution >= 4 is 23.3 Å². The molecule has 0 radical (unpaired) electrons. The number of para-hydroxylation sites is 2. The second kappa shape index (κ2) is 8.57. The average molecular weight is 311 g/mol. The van der Waals surface area contributed by atoms with E-state index in [0.717, 1.165) is 0 Å². The van der Waals surface area contributed by atoms with Gasteiger partial charge >= 0.3 is 5.97 Å². The van der Waals surface area contributed by atoms with E-state index < -0.39 is 22.8 Å². The van der Waals surface area contributed by atoms with E-state index in [1.165, 1.54) is 25.3 Å². The number of hydrogen-bond donors (Lipinski definition) is 3. The first-order valence-electron chi connectivity index (χ1n) is 6.44. The summed E-state index contributed by atoms with van der Waals surface area (Å²) < 4.78 is 4.70. The normalized spacial score (nSPS) is 11.5. The molecule has 0 heterocycles. The molecule has 0 aromatic heterocycles. The Hall–Kier alpha value is -2.68. The lowest BCUT2D eigenvalue weighted by Crippen LogP contribution is -2.44. The number of nitro benzene ring substituents is 1. The van der Waals surface area contributed by atoms with Crippen molar-refractivity contribution in [3.63, 3.8) is 0 Å². The SMILES string of the molecule is COCC(NC(=O)CCNc1ccccc1[N+](=O)[O-])C(=O)O. The Morgan fingerprint density at radius 1 is 1.41 bits per heavy atom. The third kappa shape index (κ3) is 5.37. The van der Waals surface area contributed by atoms with Crippen molar-refractivity contribution < 1.29 is 24.4 Å². The Bertz CT molecular complexity index is 548. The summed E-state index contributed by atoms with van der Waals surface area (Å²) in [5.41, 5.74) is 0.206. The Morgan fingerprint density at radius 2 is 2.09 bits per heavy atom. The van der Waals surface area contributed by atoms with Crippen LogP contribution in [0.25, 0.3) is 0 Å². The monoisotopic (exact) mass is 311 g/mol. The maximum atomic E-state index is 11.6. The number of carboxylic acids is 1. The van der Waals surface area contributed by atoms with Crippen LogP contribution in [0, 0.1) is 10.1 Å². The number of nitrogens with zero attached hydrogens (tertiary/aromatic N) is 1. The summed E-state index contributed by atoms with van der Waals surface area (Å²) in [7, 11) is 1.33. The number of methoxy groups -OCH3 is 1. The summed E-state index contributed by atoms with van der Waals surface area (Å²) in [6.07, 6.45) is -0.0282. The second-order valence-electron chi connectivity index (χ2n) is 4.36. The predicted molar refractivity (Wildman–Crippen MR) is 77.6 cm³/mol. The van der Waals surface area contributed by atoms with Gasteiger partial charge < -0.3 is 20.5 Å². The standard InChI is InChI=1S/C13H17N3O6/c1-22-8-10(13(18)19)15-12(17)6-7-14-9-4-2-3-5-11(9)16(20)21/h2-5,10,14H,6-8H2,1H3,(H,15,17)(H,18,19). The minimum absolute atomic E-state index is 0.0282. The molecular formula is C13H17N3O6. The summed E-state index contributed by atoms with van der Waals surface area (Å²) in [4.78, 5) is 32.8. The molecule has 120 valence electrons. The van der Waals surface area contributed by atoms with Crippen LogP contribution in [0.5, 0.6) is 0 Å². The van der Waals surface area contributed by atoms with Gasteiger partial charge in [0.15, 0.2) is 6.04 Å². The maximum Gasteiger partial charge on any atom is 0.328 e. The first kappa shape index (κ1) is 17.4. The Morgan fingerprint density at radius 3 is 2.68 bits per heavy atom. The van der Waals surface area contributed by atoms with Gasteiger partial charge in [0.05, 0.1) is 11.5 Å². The molecule has 0 aliphatic heterocycles. The highest BCUT2D eigenvalue weighted by Gasteiger charge is 2.19. The van der Waals surface area contributed by atoms with E-state index in [0.29, 0.717) is 5.69 Å². The van der Waals surface area contributed by atoms with Gasteiger partial charge in [-0.15, -0.1) is 0 Å². The Labute approximate surface area is 126 Å². The maximum absolute atomic E-state index is 11.6. The summed E-state index contributed by atoms with van der Waals surface area (Å²) in [5, 5.41) is 24.8. The quantitative estimate of drug-likeness (QED) is 0.450. The molecule has 1 atom stereocenters. The highest BCUT2D eigenvalue weighted by Crippen LogP contribution is 2.22. The summed E-state index contributed by atoms with van der Waals surface area (Å²) >= 11 is 0. The molecule has 0 bridgehead atoms. The van der Waals surface area contributed by atoms with Crippen molar-refractivity contribution in [3.8, 4) is 0 Å². The van der Waals surface area contributed by atoms with E-state index in [-0.39, 0.29) is 25.3 Å². The molecule has 9 nitrogen and oxygen atoms in total. The molecule has 1 amide bonds. The van der Waals surface area contributed by atoms with Crippen LogP contribution >= 0.6 is 0 Å². The number of ether oxygens (including phenoxy) is 1. The Balaban J connectivity index is 2.49. The van der Waals surface area contributed by atoms with Crippen LogP contribution in [0.1, 0.15) is 6.42 Å². The van der Waals surface area contributed by atoms with Gasteiger partial charge in [0.2, 0.25) is 5.91 Å². The van der Waals surface area contributed by atoms with Crippen molar-refractivity contribution in [2.24, 2.45) is 0 Å². The van der Waals surface area contributed by atoms with Gasteiger partial charge in [0.1, 0.15) is 5.69 Å². The number of rotatable bonds is 9. The molecule has 3 N–H and O–H groups in total. The number of carbonyl (C=O) groups excluding carboxylic acids is 1. The highest BCUT2D eigenvalue weighted by molar-refractivity contribution is 5.83. The number of aliphatic carboxylic acids is 1. The van der Waals surface area contributed by atoms with Crippen molar-refractivity contribution in [1.29, 1.82) is 0 Å². The topological polar surface area (TPSA) is 131 Å². The van der Waals surface area contributed by atoms with Gasteiger partial charge in [-0.25, -0.2) is 4.79 Å². The zero-order valence-electron chi connectivity index (χ0n) is 11.9. The van der Waals surface area contributed by atoms with E-state index in [4.69, 9.17) is 9.84 Å². The van der Waals surface area contributed by atoms with E-state index in [1.807, 2.05) is 0 Å². The van der Waals surface area contributed by atoms with Crippen molar-refractivity contribution in [3.05, 3.63) is 34.4 Å². The molecule has 1 aromatic carbocycles. The number of amides is 1. The average Bonchev–Trinajstić information content (AvgIpc) is 2.47. The summed E-state index contributed by atoms with van der Waals surface area (Å²) in [5.74, 6) is -1.68. The number of hydrogen-bond acceptors (Lipinski definition) is 6. The lowest BCUT2D eigenvalue weighted by Gasteiger charge is -2.13. The zero-order chi connectivity index (χ0) is 16.5. The van der Waals surface area contributed by atoms with Crippen molar-refractivity contribution in [2.75, 3.05) is 25.6 Å². The van der Waals surface area contributed by atoms with Gasteiger partial charge in [-0.1, -0.05) is 12.1 Å². The van der Waals surface area contributed by atoms with Gasteiger partial charge in [0.25, 0.3) is 5.69 Å². The van der Waals surface area contributed by atoms with Crippen molar-refractivity contribution in [1.82, 2.24) is 5.32 Å². The van der Waals surface area contributed by atoms with Crippen LogP contribution < -0.4 is 10.6 Å². The fraction of sp³-hybridized carbons (Fsp3) is 0.385. The first-order chi connectivity index (χ1) is 10.5. The second-order valence-corrected chi connectivity index (χ2v) is 4.36. The molecular weight excluding hydrogens is 294 g/mol. The minimum atomic E-state index is -1.19. The van der Waals surface area contributed by atoms with E-state index >= 15 is 0 Å². The molecule has 0 aliphatic rings. The number of nitro groups is 1. The van der Waals surface area contributed by atoms with Gasteiger partial charge in [-0.3, -0.25) is 14.9 Å². The highest BCUT2D eigenvalue weighted by atomic mass is 16.6. The molecule has 0 aliphatic carbocycles. The van der Waals surface area contributed by atoms with E-state index in [2.05, 4.69) is 10.6 Å². The third-order valence-corrected chi connectivity index (χ3v) is 2.73. The Kier molecular flexibility index (Phi) is 6.77. The molecule has 0 fully saturated rings. The minimum Gasteiger partial charge on any atom is -0.480 e. The fourth-order valence-electron chi connectivity index (χ4n) is 1.70. The molecule has 1 aromatic rings. The third-order valence-electron chi connectivity index (χ3n) is 2.73. The zero-order valence-corrected chi connectivity index (χ0v) is 11.9. The molecule has 0 saturated carbocycles. The number of anilines is 1. The molecule has 1 rings (SSSR count). The lowest BCUT2D eigenvalue weighted by molar-refractivity contribution is -0.384. The van der Waals surface area contributed by atoms with Gasteiger partial charge in [-0.2, -0.15) is 0 Å². The van der Waals surface area contributed by atoms with E-state index in [1.54, 1.807) is 6.07 Å². The molecule has 1 unspecified atom stereocenters. The van der Waals surface area contributed by atoms with Crippen molar-refractivity contribution in [2.45, 2.75) is 12.5 Å². The number of benzene rings is 1. The fourth-order valence-corrected chi connectivity index (χ4v) is 1.70. The largest absolute Gasteiger partial charge is 0.480 e. The van der Waals surface area contributed by atoms with Gasteiger partial charge in [0, 0.05) is 26.1 Å². The van der Waals surface area contributed by atoms with Gasteiger partial charge in [-0.05, 0) is 6.07 Å². The smallest absolute Gasteiger partial charge is 0.328 e. The number of nitrogens with one attached hydrogen (secondary N) is 2. The lowest BCUT2D eigenvalue weighted by atomic mass is 10.2. The first-order valence-corrected chi connectivity index (χ1v) is 6.44.